The molecule has 0 aliphatic carbocycles. The van der Waals surface area contributed by atoms with Crippen LogP contribution < -0.4 is 0 Å². The molecule has 0 aromatic heterocycles. The monoisotopic (exact) mass is 186 g/mol. The van der Waals surface area contributed by atoms with Crippen LogP contribution in [0.3, 0.4) is 0 Å². The molecule has 1 unspecified atom stereocenters. The van der Waals surface area contributed by atoms with Gasteiger partial charge >= 0.3 is 5.97 Å². The van der Waals surface area contributed by atoms with E-state index in [1.807, 2.05) is 13.8 Å². The summed E-state index contributed by atoms with van der Waals surface area (Å²) in [7, 11) is 1.53. The molecule has 3 nitrogen and oxygen atoms in total. The van der Waals surface area contributed by atoms with E-state index in [2.05, 4.69) is 0 Å². The van der Waals surface area contributed by atoms with Gasteiger partial charge in [0.1, 0.15) is 0 Å². The lowest BCUT2D eigenvalue weighted by Gasteiger charge is -2.11. The van der Waals surface area contributed by atoms with Crippen LogP contribution in [0.2, 0.25) is 0 Å². The second-order valence-electron chi connectivity index (χ2n) is 2.84. The summed E-state index contributed by atoms with van der Waals surface area (Å²) in [5.74, 6) is -0.0994. The molecule has 0 amide bonds. The van der Waals surface area contributed by atoms with Crippen molar-refractivity contribution < 1.29 is 14.3 Å². The summed E-state index contributed by atoms with van der Waals surface area (Å²) in [5.41, 5.74) is 0.604. The van der Waals surface area contributed by atoms with Crippen molar-refractivity contribution in [3.63, 3.8) is 0 Å². The summed E-state index contributed by atoms with van der Waals surface area (Å²) in [5, 5.41) is 0. The van der Waals surface area contributed by atoms with E-state index < -0.39 is 0 Å². The molecule has 0 heterocycles. The number of methoxy groups -OCH3 is 1. The van der Waals surface area contributed by atoms with Crippen LogP contribution in [0, 0.1) is 5.92 Å². The first-order valence-electron chi connectivity index (χ1n) is 4.57. The largest absolute Gasteiger partial charge is 0.504 e. The average molecular weight is 186 g/mol. The molecule has 0 saturated carbocycles. The maximum atomic E-state index is 11.4. The molecule has 0 spiro atoms. The first-order valence-corrected chi connectivity index (χ1v) is 4.57. The fourth-order valence-electron chi connectivity index (χ4n) is 0.927. The van der Waals surface area contributed by atoms with Gasteiger partial charge in [-0.3, -0.25) is 0 Å². The molecule has 0 aromatic rings. The summed E-state index contributed by atoms with van der Waals surface area (Å²) >= 11 is 0. The van der Waals surface area contributed by atoms with Gasteiger partial charge in [0.15, 0.2) is 0 Å². The molecule has 13 heavy (non-hydrogen) atoms. The van der Waals surface area contributed by atoms with Gasteiger partial charge in [0.05, 0.1) is 25.6 Å². The van der Waals surface area contributed by atoms with Crippen molar-refractivity contribution in [3.8, 4) is 0 Å². The molecule has 1 atom stereocenters. The normalized spacial score (nSPS) is 13.7. The van der Waals surface area contributed by atoms with Gasteiger partial charge in [0, 0.05) is 0 Å². The summed E-state index contributed by atoms with van der Waals surface area (Å²) in [6.07, 6.45) is 2.36. The molecule has 0 aliphatic heterocycles. The fraction of sp³-hybridized carbons (Fsp3) is 0.700. The third-order valence-electron chi connectivity index (χ3n) is 1.90. The molecule has 0 saturated heterocycles. The molecular weight excluding hydrogens is 168 g/mol. The molecule has 0 bridgehead atoms. The van der Waals surface area contributed by atoms with Gasteiger partial charge in [-0.2, -0.15) is 0 Å². The zero-order valence-electron chi connectivity index (χ0n) is 8.79. The van der Waals surface area contributed by atoms with Gasteiger partial charge in [0.25, 0.3) is 0 Å². The van der Waals surface area contributed by atoms with Crippen molar-refractivity contribution in [2.45, 2.75) is 27.2 Å². The van der Waals surface area contributed by atoms with E-state index in [9.17, 15) is 4.79 Å². The molecule has 0 N–H and O–H groups in total. The van der Waals surface area contributed by atoms with Gasteiger partial charge in [0.2, 0.25) is 0 Å². The standard InChI is InChI=1S/C10H18O3/c1-5-8(3)9(7-12-4)10(11)13-6-2/h7-8H,5-6H2,1-4H3. The highest BCUT2D eigenvalue weighted by Gasteiger charge is 2.16. The lowest BCUT2D eigenvalue weighted by atomic mass is 10.00. The van der Waals surface area contributed by atoms with E-state index in [0.717, 1.165) is 6.42 Å². The van der Waals surface area contributed by atoms with Crippen LogP contribution in [0.5, 0.6) is 0 Å². The third-order valence-corrected chi connectivity index (χ3v) is 1.90. The number of esters is 1. The van der Waals surface area contributed by atoms with Crippen LogP contribution in [0.25, 0.3) is 0 Å². The summed E-state index contributed by atoms with van der Waals surface area (Å²) in [6, 6.07) is 0. The Labute approximate surface area is 79.7 Å². The van der Waals surface area contributed by atoms with Crippen molar-refractivity contribution >= 4 is 5.97 Å². The predicted molar refractivity (Wildman–Crippen MR) is 51.2 cm³/mol. The van der Waals surface area contributed by atoms with E-state index in [4.69, 9.17) is 9.47 Å². The van der Waals surface area contributed by atoms with Gasteiger partial charge in [-0.1, -0.05) is 13.8 Å². The zero-order chi connectivity index (χ0) is 10.3. The number of ether oxygens (including phenoxy) is 2. The quantitative estimate of drug-likeness (QED) is 0.375. The molecule has 3 heteroatoms. The van der Waals surface area contributed by atoms with Gasteiger partial charge in [-0.05, 0) is 19.3 Å². The van der Waals surface area contributed by atoms with Gasteiger partial charge < -0.3 is 9.47 Å². The molecule has 0 aliphatic rings. The van der Waals surface area contributed by atoms with Crippen LogP contribution >= 0.6 is 0 Å². The fourth-order valence-corrected chi connectivity index (χ4v) is 0.927. The Morgan fingerprint density at radius 1 is 1.46 bits per heavy atom. The summed E-state index contributed by atoms with van der Waals surface area (Å²) in [6.45, 7) is 6.18. The van der Waals surface area contributed by atoms with E-state index in [0.29, 0.717) is 12.2 Å². The minimum Gasteiger partial charge on any atom is -0.504 e. The number of carbonyl (C=O) groups excluding carboxylic acids is 1. The molecule has 0 radical (unpaired) electrons. The van der Waals surface area contributed by atoms with E-state index >= 15 is 0 Å². The SMILES string of the molecule is CCOC(=O)C(=COC)C(C)CC. The van der Waals surface area contributed by atoms with Crippen molar-refractivity contribution in [1.82, 2.24) is 0 Å². The number of rotatable bonds is 5. The predicted octanol–water partition coefficient (Wildman–Crippen LogP) is 2.13. The maximum Gasteiger partial charge on any atom is 0.337 e. The topological polar surface area (TPSA) is 35.5 Å². The van der Waals surface area contributed by atoms with Crippen LogP contribution in [0.1, 0.15) is 27.2 Å². The summed E-state index contributed by atoms with van der Waals surface area (Å²) < 4.78 is 9.72. The van der Waals surface area contributed by atoms with Crippen LogP contribution in [0.4, 0.5) is 0 Å². The Hall–Kier alpha value is -0.990. The van der Waals surface area contributed by atoms with Crippen LogP contribution in [-0.2, 0) is 14.3 Å². The Bertz CT molecular complexity index is 185. The minimum atomic E-state index is -0.279. The highest BCUT2D eigenvalue weighted by atomic mass is 16.5. The Balaban J connectivity index is 4.42. The number of hydrogen-bond acceptors (Lipinski definition) is 3. The zero-order valence-corrected chi connectivity index (χ0v) is 8.79. The van der Waals surface area contributed by atoms with Crippen molar-refractivity contribution in [2.75, 3.05) is 13.7 Å². The van der Waals surface area contributed by atoms with Gasteiger partial charge in [-0.15, -0.1) is 0 Å². The minimum absolute atomic E-state index is 0.180. The van der Waals surface area contributed by atoms with Crippen molar-refractivity contribution in [1.29, 1.82) is 0 Å². The molecule has 0 aromatic carbocycles. The van der Waals surface area contributed by atoms with Crippen molar-refractivity contribution in [3.05, 3.63) is 11.8 Å². The van der Waals surface area contributed by atoms with E-state index in [1.54, 1.807) is 6.92 Å². The van der Waals surface area contributed by atoms with Crippen LogP contribution in [-0.4, -0.2) is 19.7 Å². The van der Waals surface area contributed by atoms with E-state index in [-0.39, 0.29) is 11.9 Å². The Morgan fingerprint density at radius 2 is 2.08 bits per heavy atom. The Kier molecular flexibility index (Phi) is 6.02. The number of carbonyl (C=O) groups is 1. The Morgan fingerprint density at radius 3 is 2.46 bits per heavy atom. The van der Waals surface area contributed by atoms with Crippen molar-refractivity contribution in [2.24, 2.45) is 5.92 Å². The maximum absolute atomic E-state index is 11.4. The molecule has 76 valence electrons. The summed E-state index contributed by atoms with van der Waals surface area (Å²) in [4.78, 5) is 11.4. The highest BCUT2D eigenvalue weighted by molar-refractivity contribution is 5.88. The molecule has 0 rings (SSSR count). The molecular formula is C10H18O3. The number of hydrogen-bond donors (Lipinski definition) is 0. The first-order chi connectivity index (χ1) is 6.17. The third kappa shape index (κ3) is 3.97. The van der Waals surface area contributed by atoms with Gasteiger partial charge in [-0.25, -0.2) is 4.79 Å². The first kappa shape index (κ1) is 12.0. The lowest BCUT2D eigenvalue weighted by molar-refractivity contribution is -0.139. The molecule has 0 fully saturated rings. The highest BCUT2D eigenvalue weighted by Crippen LogP contribution is 2.15. The second-order valence-corrected chi connectivity index (χ2v) is 2.84. The smallest absolute Gasteiger partial charge is 0.337 e. The average Bonchev–Trinajstić information content (AvgIpc) is 2.13. The van der Waals surface area contributed by atoms with E-state index in [1.165, 1.54) is 13.4 Å². The van der Waals surface area contributed by atoms with Crippen LogP contribution in [0.15, 0.2) is 11.8 Å². The lowest BCUT2D eigenvalue weighted by Crippen LogP contribution is -2.14. The second kappa shape index (κ2) is 6.52.